The van der Waals surface area contributed by atoms with Crippen molar-refractivity contribution in [2.45, 2.75) is 64.2 Å². The first-order valence-electron chi connectivity index (χ1n) is 20.5. The van der Waals surface area contributed by atoms with Gasteiger partial charge in [0.15, 0.2) is 0 Å². The van der Waals surface area contributed by atoms with E-state index < -0.39 is 53.7 Å². The second kappa shape index (κ2) is 20.7. The number of fused-ring (bicyclic) bond motifs is 2. The van der Waals surface area contributed by atoms with Crippen molar-refractivity contribution in [2.75, 3.05) is 13.7 Å². The number of aromatic amines is 2. The summed E-state index contributed by atoms with van der Waals surface area (Å²) in [7, 11) is 1.53. The second-order valence-corrected chi connectivity index (χ2v) is 15.7. The predicted molar refractivity (Wildman–Crippen MR) is 234 cm³/mol. The van der Waals surface area contributed by atoms with E-state index in [0.29, 0.717) is 57.3 Å². The van der Waals surface area contributed by atoms with Crippen LogP contribution in [0, 0.1) is 23.2 Å². The molecule has 4 aromatic heterocycles. The number of H-pyrrole nitrogens is 2. The van der Waals surface area contributed by atoms with Crippen molar-refractivity contribution in [3.8, 4) is 17.6 Å². The van der Waals surface area contributed by atoms with Crippen molar-refractivity contribution in [3.63, 3.8) is 0 Å². The number of hydrogen-bond donors (Lipinski definition) is 7. The summed E-state index contributed by atoms with van der Waals surface area (Å²) in [5, 5.41) is 22.2. The van der Waals surface area contributed by atoms with Gasteiger partial charge >= 0.3 is 0 Å². The summed E-state index contributed by atoms with van der Waals surface area (Å²) in [5.74, 6) is -2.04. The molecule has 0 bridgehead atoms. The molecule has 63 heavy (non-hydrogen) atoms. The molecular formula is C46H50N10O7. The molecule has 0 radical (unpaired) electrons. The first-order chi connectivity index (χ1) is 30.3. The maximum absolute atomic E-state index is 13.9. The highest BCUT2D eigenvalue weighted by Gasteiger charge is 2.30. The second-order valence-electron chi connectivity index (χ2n) is 15.7. The van der Waals surface area contributed by atoms with Gasteiger partial charge in [-0.2, -0.15) is 5.26 Å². The van der Waals surface area contributed by atoms with Gasteiger partial charge in [0.05, 0.1) is 19.8 Å². The Morgan fingerprint density at radius 3 is 1.83 bits per heavy atom. The molecule has 0 aliphatic heterocycles. The molecule has 6 aromatic rings. The third-order valence-electron chi connectivity index (χ3n) is 10.4. The SMILES string of the molecule is COc1cccc2[nH]c(C(=O)N[C@@H](CC(C)CCOc3cccc4[nH]c(C(=O)N[C@@H](CC(C)C)C(=O)NC(C#N)c5cccnc5)cc34)C(=O)NC(C(N)=O)c3cccnc3)cc12. The minimum absolute atomic E-state index is 0.0501. The molecule has 8 N–H and O–H groups in total. The normalized spacial score (nSPS) is 13.5. The lowest BCUT2D eigenvalue weighted by molar-refractivity contribution is -0.129. The van der Waals surface area contributed by atoms with Gasteiger partial charge in [0.1, 0.15) is 47.1 Å². The number of nitrogens with two attached hydrogens (primary N) is 1. The molecule has 0 aliphatic rings. The lowest BCUT2D eigenvalue weighted by Gasteiger charge is -2.24. The number of primary amides is 1. The van der Waals surface area contributed by atoms with Crippen LogP contribution in [0.15, 0.2) is 97.6 Å². The van der Waals surface area contributed by atoms with Crippen molar-refractivity contribution in [1.82, 2.24) is 41.2 Å². The number of nitrogens with zero attached hydrogens (tertiary/aromatic N) is 3. The number of nitriles is 1. The van der Waals surface area contributed by atoms with E-state index in [9.17, 15) is 29.2 Å². The summed E-state index contributed by atoms with van der Waals surface area (Å²) >= 11 is 0. The van der Waals surface area contributed by atoms with Crippen LogP contribution in [-0.4, -0.2) is 75.3 Å². The van der Waals surface area contributed by atoms with Crippen LogP contribution in [0.25, 0.3) is 21.8 Å². The minimum atomic E-state index is -1.19. The molecule has 3 unspecified atom stereocenters. The first-order valence-corrected chi connectivity index (χ1v) is 20.5. The number of aromatic nitrogens is 4. The van der Waals surface area contributed by atoms with Gasteiger partial charge < -0.3 is 46.4 Å². The zero-order valence-electron chi connectivity index (χ0n) is 35.3. The van der Waals surface area contributed by atoms with E-state index in [0.717, 1.165) is 0 Å². The van der Waals surface area contributed by atoms with Crippen LogP contribution in [0.3, 0.4) is 0 Å². The molecule has 0 spiro atoms. The molecule has 4 heterocycles. The topological polar surface area (TPSA) is 259 Å². The van der Waals surface area contributed by atoms with Gasteiger partial charge in [0.25, 0.3) is 11.8 Å². The average Bonchev–Trinajstić information content (AvgIpc) is 3.93. The van der Waals surface area contributed by atoms with Crippen molar-refractivity contribution < 1.29 is 33.4 Å². The van der Waals surface area contributed by atoms with E-state index in [1.165, 1.54) is 25.7 Å². The lowest BCUT2D eigenvalue weighted by atomic mass is 9.97. The van der Waals surface area contributed by atoms with E-state index in [4.69, 9.17) is 15.2 Å². The largest absolute Gasteiger partial charge is 0.496 e. The van der Waals surface area contributed by atoms with Crippen LogP contribution in [0.5, 0.6) is 11.5 Å². The van der Waals surface area contributed by atoms with E-state index in [1.54, 1.807) is 79.0 Å². The number of carbonyl (C=O) groups is 5. The molecule has 5 amide bonds. The summed E-state index contributed by atoms with van der Waals surface area (Å²) < 4.78 is 11.7. The smallest absolute Gasteiger partial charge is 0.268 e. The Bertz CT molecular complexity index is 2600. The fourth-order valence-corrected chi connectivity index (χ4v) is 7.19. The first kappa shape index (κ1) is 44.8. The van der Waals surface area contributed by atoms with Crippen LogP contribution in [0.1, 0.15) is 84.2 Å². The Morgan fingerprint density at radius 2 is 1.29 bits per heavy atom. The number of amides is 5. The third-order valence-corrected chi connectivity index (χ3v) is 10.4. The van der Waals surface area contributed by atoms with Crippen LogP contribution >= 0.6 is 0 Å². The molecule has 0 saturated heterocycles. The Hall–Kier alpha value is -7.74. The highest BCUT2D eigenvalue weighted by atomic mass is 16.5. The van der Waals surface area contributed by atoms with Crippen molar-refractivity contribution in [3.05, 3.63) is 120 Å². The highest BCUT2D eigenvalue weighted by molar-refractivity contribution is 6.03. The number of benzene rings is 2. The number of hydrogen-bond acceptors (Lipinski definition) is 10. The molecule has 0 saturated carbocycles. The number of ether oxygens (including phenoxy) is 2. The maximum Gasteiger partial charge on any atom is 0.268 e. The monoisotopic (exact) mass is 854 g/mol. The lowest BCUT2D eigenvalue weighted by Crippen LogP contribution is -2.50. The van der Waals surface area contributed by atoms with Crippen LogP contribution in [-0.2, 0) is 14.4 Å². The summed E-state index contributed by atoms with van der Waals surface area (Å²) in [4.78, 5) is 81.3. The minimum Gasteiger partial charge on any atom is -0.496 e. The van der Waals surface area contributed by atoms with E-state index in [-0.39, 0.29) is 36.3 Å². The van der Waals surface area contributed by atoms with Crippen molar-refractivity contribution >= 4 is 51.3 Å². The Morgan fingerprint density at radius 1 is 0.730 bits per heavy atom. The molecule has 5 atom stereocenters. The Balaban J connectivity index is 1.12. The summed E-state index contributed by atoms with van der Waals surface area (Å²) in [5.41, 5.74) is 8.32. The zero-order valence-corrected chi connectivity index (χ0v) is 35.3. The maximum atomic E-state index is 13.9. The van der Waals surface area contributed by atoms with Crippen LogP contribution in [0.4, 0.5) is 0 Å². The van der Waals surface area contributed by atoms with Crippen molar-refractivity contribution in [1.29, 1.82) is 5.26 Å². The number of methoxy groups -OCH3 is 1. The van der Waals surface area contributed by atoms with Gasteiger partial charge in [-0.3, -0.25) is 33.9 Å². The van der Waals surface area contributed by atoms with E-state index in [2.05, 4.69) is 47.3 Å². The molecule has 17 heteroatoms. The number of nitrogens with one attached hydrogen (secondary N) is 6. The average molecular weight is 855 g/mol. The van der Waals surface area contributed by atoms with Crippen LogP contribution in [0.2, 0.25) is 0 Å². The quantitative estimate of drug-likeness (QED) is 0.0546. The zero-order chi connectivity index (χ0) is 45.0. The summed E-state index contributed by atoms with van der Waals surface area (Å²) in [6.07, 6.45) is 6.99. The molecule has 6 rings (SSSR count). The summed E-state index contributed by atoms with van der Waals surface area (Å²) in [6.45, 7) is 5.98. The van der Waals surface area contributed by atoms with Gasteiger partial charge in [-0.15, -0.1) is 0 Å². The fourth-order valence-electron chi connectivity index (χ4n) is 7.19. The highest BCUT2D eigenvalue weighted by Crippen LogP contribution is 2.28. The van der Waals surface area contributed by atoms with Crippen molar-refractivity contribution in [2.24, 2.45) is 17.6 Å². The molecule has 326 valence electrons. The molecule has 0 aliphatic carbocycles. The number of rotatable bonds is 20. The Labute approximate surface area is 363 Å². The van der Waals surface area contributed by atoms with E-state index >= 15 is 0 Å². The van der Waals surface area contributed by atoms with Gasteiger partial charge in [0.2, 0.25) is 17.7 Å². The molecule has 0 fully saturated rings. The molecule has 2 aromatic carbocycles. The summed E-state index contributed by atoms with van der Waals surface area (Å²) in [6, 6.07) is 18.5. The van der Waals surface area contributed by atoms with Gasteiger partial charge in [-0.05, 0) is 79.6 Å². The number of pyridine rings is 2. The van der Waals surface area contributed by atoms with Gasteiger partial charge in [0, 0.05) is 57.7 Å². The molecular weight excluding hydrogens is 805 g/mol. The standard InChI is InChI=1S/C46H50N10O7/c1-26(2)19-34(43(58)55-38(23-47)28-9-7-16-49-24-28)53-44(59)37-22-31-33(52-37)12-6-14-40(31)63-18-15-27(3)20-35(46(61)56-41(42(48)57)29-10-8-17-50-25-29)54-45(60)36-21-30-32(51-36)11-5-13-39(30)62-4/h5-14,16-17,21-22,24-27,34-35,38,41,51-52H,15,18-20H2,1-4H3,(H2,48,57)(H,53,59)(H,54,60)(H,55,58)(H,56,61)/t27?,34-,35-,38?,41?/m0/s1. The third kappa shape index (κ3) is 11.4. The van der Waals surface area contributed by atoms with Gasteiger partial charge in [-0.25, -0.2) is 0 Å². The molecule has 17 nitrogen and oxygen atoms in total. The van der Waals surface area contributed by atoms with Gasteiger partial charge in [-0.1, -0.05) is 45.0 Å². The fraction of sp³-hybridized carbons (Fsp3) is 0.304. The Kier molecular flexibility index (Phi) is 14.7. The predicted octanol–water partition coefficient (Wildman–Crippen LogP) is 4.91. The number of carbonyl (C=O) groups excluding carboxylic acids is 5. The van der Waals surface area contributed by atoms with E-state index in [1.807, 2.05) is 20.8 Å². The van der Waals surface area contributed by atoms with Crippen LogP contribution < -0.4 is 36.5 Å².